The van der Waals surface area contributed by atoms with E-state index in [1.165, 1.54) is 17.7 Å². The average molecular weight is 508 g/mol. The standard InChI is InChI=1S/C29H31F2N3O3/c1-2-18-6-5-7-19(10-18)16-32-17-27(35)26(13-20-11-22(30)15-23(31)12-20)34-29(37)24-14-21-8-3-4-9-25(21)33-28(24)36/h3-12,15,24,26-27,32,35H,2,13-14,16-17H2,1H3,(H,33,36)(H,34,37)/t24?,26-,27+/m0/s1. The summed E-state index contributed by atoms with van der Waals surface area (Å²) in [5.41, 5.74) is 4.04. The van der Waals surface area contributed by atoms with Crippen molar-refractivity contribution in [3.05, 3.63) is 101 Å². The maximum Gasteiger partial charge on any atom is 0.237 e. The largest absolute Gasteiger partial charge is 0.390 e. The second kappa shape index (κ2) is 12.1. The Balaban J connectivity index is 1.46. The quantitative estimate of drug-likeness (QED) is 0.316. The molecule has 0 aliphatic carbocycles. The summed E-state index contributed by atoms with van der Waals surface area (Å²) in [6.45, 7) is 2.70. The summed E-state index contributed by atoms with van der Waals surface area (Å²) in [6.07, 6.45) is 0.0358. The summed E-state index contributed by atoms with van der Waals surface area (Å²) in [6, 6.07) is 17.5. The van der Waals surface area contributed by atoms with Crippen molar-refractivity contribution in [3.63, 3.8) is 0 Å². The number of fused-ring (bicyclic) bond motifs is 1. The highest BCUT2D eigenvalue weighted by atomic mass is 19.1. The predicted octanol–water partition coefficient (Wildman–Crippen LogP) is 3.52. The number of benzene rings is 3. The Morgan fingerprint density at radius 3 is 2.51 bits per heavy atom. The van der Waals surface area contributed by atoms with Gasteiger partial charge in [-0.3, -0.25) is 9.59 Å². The van der Waals surface area contributed by atoms with Crippen LogP contribution < -0.4 is 16.0 Å². The van der Waals surface area contributed by atoms with E-state index in [-0.39, 0.29) is 24.9 Å². The van der Waals surface area contributed by atoms with Crippen LogP contribution >= 0.6 is 0 Å². The van der Waals surface area contributed by atoms with Crippen LogP contribution in [-0.2, 0) is 35.4 Å². The second-order valence-corrected chi connectivity index (χ2v) is 9.37. The van der Waals surface area contributed by atoms with Gasteiger partial charge in [-0.1, -0.05) is 49.4 Å². The van der Waals surface area contributed by atoms with Gasteiger partial charge < -0.3 is 21.1 Å². The van der Waals surface area contributed by atoms with Gasteiger partial charge in [0.05, 0.1) is 12.1 Å². The first-order valence-corrected chi connectivity index (χ1v) is 12.4. The first-order chi connectivity index (χ1) is 17.8. The van der Waals surface area contributed by atoms with Crippen LogP contribution in [0, 0.1) is 17.6 Å². The van der Waals surface area contributed by atoms with E-state index in [2.05, 4.69) is 28.9 Å². The minimum atomic E-state index is -1.08. The van der Waals surface area contributed by atoms with Crippen molar-refractivity contribution in [2.24, 2.45) is 5.92 Å². The van der Waals surface area contributed by atoms with Crippen molar-refractivity contribution in [1.29, 1.82) is 0 Å². The topological polar surface area (TPSA) is 90.5 Å². The molecule has 4 N–H and O–H groups in total. The van der Waals surface area contributed by atoms with Gasteiger partial charge in [0, 0.05) is 24.8 Å². The van der Waals surface area contributed by atoms with Crippen LogP contribution in [0.25, 0.3) is 0 Å². The van der Waals surface area contributed by atoms with Crippen LogP contribution in [0.1, 0.15) is 29.2 Å². The summed E-state index contributed by atoms with van der Waals surface area (Å²) in [4.78, 5) is 25.8. The van der Waals surface area contributed by atoms with Gasteiger partial charge in [0.2, 0.25) is 11.8 Å². The van der Waals surface area contributed by atoms with E-state index < -0.39 is 41.5 Å². The van der Waals surface area contributed by atoms with Gasteiger partial charge in [0.15, 0.2) is 0 Å². The molecule has 194 valence electrons. The van der Waals surface area contributed by atoms with Gasteiger partial charge in [0.25, 0.3) is 0 Å². The summed E-state index contributed by atoms with van der Waals surface area (Å²) >= 11 is 0. The number of aliphatic hydroxyl groups excluding tert-OH is 1. The molecule has 37 heavy (non-hydrogen) atoms. The van der Waals surface area contributed by atoms with E-state index in [9.17, 15) is 23.5 Å². The highest BCUT2D eigenvalue weighted by Gasteiger charge is 2.34. The molecule has 3 aromatic carbocycles. The Hall–Kier alpha value is -3.62. The summed E-state index contributed by atoms with van der Waals surface area (Å²) in [5.74, 6) is -3.46. The number of aryl methyl sites for hydroxylation is 1. The maximum absolute atomic E-state index is 13.8. The molecule has 0 spiro atoms. The highest BCUT2D eigenvalue weighted by molar-refractivity contribution is 6.08. The Labute approximate surface area is 215 Å². The number of carbonyl (C=O) groups excluding carboxylic acids is 2. The van der Waals surface area contributed by atoms with E-state index in [1.807, 2.05) is 30.3 Å². The molecular weight excluding hydrogens is 476 g/mol. The Kier molecular flexibility index (Phi) is 8.63. The smallest absolute Gasteiger partial charge is 0.237 e. The predicted molar refractivity (Wildman–Crippen MR) is 138 cm³/mol. The molecule has 0 fully saturated rings. The van der Waals surface area contributed by atoms with Crippen molar-refractivity contribution >= 4 is 17.5 Å². The lowest BCUT2D eigenvalue weighted by molar-refractivity contribution is -0.133. The van der Waals surface area contributed by atoms with Crippen LogP contribution in [0.2, 0.25) is 0 Å². The molecule has 0 saturated heterocycles. The van der Waals surface area contributed by atoms with Gasteiger partial charge in [-0.25, -0.2) is 8.78 Å². The number of anilines is 1. The van der Waals surface area contributed by atoms with Gasteiger partial charge >= 0.3 is 0 Å². The van der Waals surface area contributed by atoms with E-state index in [0.717, 1.165) is 23.6 Å². The van der Waals surface area contributed by atoms with Crippen LogP contribution in [0.3, 0.4) is 0 Å². The lowest BCUT2D eigenvalue weighted by Gasteiger charge is -2.29. The Morgan fingerprint density at radius 1 is 1.03 bits per heavy atom. The SMILES string of the molecule is CCc1cccc(CNC[C@@H](O)[C@H](Cc2cc(F)cc(F)c2)NC(=O)C2Cc3ccccc3NC2=O)c1. The van der Waals surface area contributed by atoms with E-state index in [4.69, 9.17) is 0 Å². The first-order valence-electron chi connectivity index (χ1n) is 12.4. The number of halogens is 2. The maximum atomic E-state index is 13.8. The molecule has 1 unspecified atom stereocenters. The molecule has 4 rings (SSSR count). The summed E-state index contributed by atoms with van der Waals surface area (Å²) in [7, 11) is 0. The molecule has 2 amide bonds. The third-order valence-corrected chi connectivity index (χ3v) is 6.58. The zero-order valence-corrected chi connectivity index (χ0v) is 20.6. The minimum absolute atomic E-state index is 0.0144. The average Bonchev–Trinajstić information content (AvgIpc) is 2.87. The van der Waals surface area contributed by atoms with Crippen LogP contribution in [0.5, 0.6) is 0 Å². The van der Waals surface area contributed by atoms with Gasteiger partial charge in [0.1, 0.15) is 17.6 Å². The number of hydrogen-bond donors (Lipinski definition) is 4. The zero-order chi connectivity index (χ0) is 26.4. The van der Waals surface area contributed by atoms with E-state index >= 15 is 0 Å². The lowest BCUT2D eigenvalue weighted by atomic mass is 9.91. The Morgan fingerprint density at radius 2 is 1.76 bits per heavy atom. The molecule has 0 radical (unpaired) electrons. The van der Waals surface area contributed by atoms with Crippen molar-refractivity contribution in [3.8, 4) is 0 Å². The number of para-hydroxylation sites is 1. The molecule has 1 aliphatic rings. The number of hydrogen-bond acceptors (Lipinski definition) is 4. The fourth-order valence-corrected chi connectivity index (χ4v) is 4.58. The number of carbonyl (C=O) groups is 2. The molecule has 3 atom stereocenters. The fraction of sp³-hybridized carbons (Fsp3) is 0.310. The summed E-state index contributed by atoms with van der Waals surface area (Å²) < 4.78 is 27.6. The minimum Gasteiger partial charge on any atom is -0.390 e. The number of nitrogens with one attached hydrogen (secondary N) is 3. The number of aliphatic hydroxyl groups is 1. The highest BCUT2D eigenvalue weighted by Crippen LogP contribution is 2.25. The van der Waals surface area contributed by atoms with Gasteiger partial charge in [-0.2, -0.15) is 0 Å². The van der Waals surface area contributed by atoms with Crippen LogP contribution in [0.4, 0.5) is 14.5 Å². The van der Waals surface area contributed by atoms with E-state index in [1.54, 1.807) is 12.1 Å². The monoisotopic (exact) mass is 507 g/mol. The lowest BCUT2D eigenvalue weighted by Crippen LogP contribution is -2.52. The normalized spacial score (nSPS) is 16.4. The van der Waals surface area contributed by atoms with Crippen molar-refractivity contribution in [1.82, 2.24) is 10.6 Å². The van der Waals surface area contributed by atoms with E-state index in [0.29, 0.717) is 12.2 Å². The molecule has 8 heteroatoms. The molecular formula is C29H31F2N3O3. The molecule has 3 aromatic rings. The van der Waals surface area contributed by atoms with Crippen molar-refractivity contribution in [2.75, 3.05) is 11.9 Å². The van der Waals surface area contributed by atoms with Crippen molar-refractivity contribution < 1.29 is 23.5 Å². The zero-order valence-electron chi connectivity index (χ0n) is 20.6. The van der Waals surface area contributed by atoms with Gasteiger partial charge in [-0.15, -0.1) is 0 Å². The first kappa shape index (κ1) is 26.4. The third-order valence-electron chi connectivity index (χ3n) is 6.58. The molecule has 1 aliphatic heterocycles. The fourth-order valence-electron chi connectivity index (χ4n) is 4.58. The van der Waals surface area contributed by atoms with Gasteiger partial charge in [-0.05, 0) is 59.7 Å². The molecule has 0 aromatic heterocycles. The second-order valence-electron chi connectivity index (χ2n) is 9.37. The van der Waals surface area contributed by atoms with Crippen molar-refractivity contribution in [2.45, 2.75) is 44.9 Å². The number of rotatable bonds is 10. The molecule has 1 heterocycles. The molecule has 6 nitrogen and oxygen atoms in total. The van der Waals surface area contributed by atoms with Crippen LogP contribution in [-0.4, -0.2) is 35.6 Å². The van der Waals surface area contributed by atoms with Crippen LogP contribution in [0.15, 0.2) is 66.7 Å². The molecule has 0 bridgehead atoms. The third kappa shape index (κ3) is 6.99. The number of amides is 2. The summed E-state index contributed by atoms with van der Waals surface area (Å²) in [5, 5.41) is 19.7. The Bertz CT molecular complexity index is 1250. The molecule has 0 saturated carbocycles.